The van der Waals surface area contributed by atoms with Crippen LogP contribution in [-0.4, -0.2) is 25.8 Å². The largest absolute Gasteiger partial charge is 0.493 e. The fourth-order valence-electron chi connectivity index (χ4n) is 1.83. The molecule has 0 aliphatic rings. The number of ketones is 2. The van der Waals surface area contributed by atoms with Crippen LogP contribution >= 0.6 is 11.6 Å². The average molecular weight is 335 g/mol. The number of benzene rings is 1. The number of halogens is 1. The van der Waals surface area contributed by atoms with E-state index in [1.165, 1.54) is 26.0 Å². The Morgan fingerprint density at radius 3 is 2.13 bits per heavy atom. The molecule has 0 amide bonds. The zero-order valence-electron chi connectivity index (χ0n) is 13.6. The van der Waals surface area contributed by atoms with Crippen LogP contribution < -0.4 is 9.47 Å². The number of allylic oxidation sites excluding steroid dienone is 5. The van der Waals surface area contributed by atoms with Gasteiger partial charge in [0.25, 0.3) is 0 Å². The predicted molar refractivity (Wildman–Crippen MR) is 92.0 cm³/mol. The molecule has 0 atom stereocenters. The first-order valence-corrected chi connectivity index (χ1v) is 7.26. The third-order valence-electron chi connectivity index (χ3n) is 3.01. The summed E-state index contributed by atoms with van der Waals surface area (Å²) in [6.07, 6.45) is 6.38. The second-order valence-corrected chi connectivity index (χ2v) is 5.13. The van der Waals surface area contributed by atoms with Crippen molar-refractivity contribution in [3.63, 3.8) is 0 Å². The van der Waals surface area contributed by atoms with Crippen LogP contribution in [0, 0.1) is 0 Å². The summed E-state index contributed by atoms with van der Waals surface area (Å²) in [6.45, 7) is 2.68. The van der Waals surface area contributed by atoms with E-state index in [1.807, 2.05) is 12.1 Å². The molecular weight excluding hydrogens is 316 g/mol. The van der Waals surface area contributed by atoms with Gasteiger partial charge in [-0.2, -0.15) is 0 Å². The van der Waals surface area contributed by atoms with Crippen molar-refractivity contribution in [3.05, 3.63) is 52.6 Å². The highest BCUT2D eigenvalue weighted by molar-refractivity contribution is 6.31. The predicted octanol–water partition coefficient (Wildman–Crippen LogP) is 3.94. The molecule has 1 rings (SSSR count). The molecule has 5 heteroatoms. The molecule has 23 heavy (non-hydrogen) atoms. The summed E-state index contributed by atoms with van der Waals surface area (Å²) in [7, 11) is 3.13. The Hall–Kier alpha value is -2.33. The van der Waals surface area contributed by atoms with E-state index in [2.05, 4.69) is 0 Å². The molecule has 0 fully saturated rings. The number of Topliss-reactive ketones (excluding diaryl/α,β-unsaturated/α-hetero) is 2. The lowest BCUT2D eigenvalue weighted by atomic mass is 10.1. The maximum atomic E-state index is 11.3. The average Bonchev–Trinajstić information content (AvgIpc) is 2.51. The Morgan fingerprint density at radius 2 is 1.61 bits per heavy atom. The van der Waals surface area contributed by atoms with E-state index in [0.717, 1.165) is 5.56 Å². The second kappa shape index (κ2) is 8.96. The van der Waals surface area contributed by atoms with Gasteiger partial charge in [0.15, 0.2) is 23.1 Å². The van der Waals surface area contributed by atoms with Crippen molar-refractivity contribution in [1.82, 2.24) is 0 Å². The van der Waals surface area contributed by atoms with Gasteiger partial charge >= 0.3 is 0 Å². The Kier molecular flexibility index (Phi) is 7.29. The van der Waals surface area contributed by atoms with Crippen molar-refractivity contribution in [2.24, 2.45) is 0 Å². The molecule has 0 bridgehead atoms. The lowest BCUT2D eigenvalue weighted by molar-refractivity contribution is -0.119. The third-order valence-corrected chi connectivity index (χ3v) is 3.26. The second-order valence-electron chi connectivity index (χ2n) is 4.69. The van der Waals surface area contributed by atoms with Crippen LogP contribution in [0.2, 0.25) is 0 Å². The number of hydrogen-bond acceptors (Lipinski definition) is 4. The van der Waals surface area contributed by atoms with Gasteiger partial charge in [-0.25, -0.2) is 0 Å². The van der Waals surface area contributed by atoms with Gasteiger partial charge in [0.05, 0.1) is 19.8 Å². The minimum absolute atomic E-state index is 0.114. The maximum Gasteiger partial charge on any atom is 0.163 e. The zero-order chi connectivity index (χ0) is 17.4. The minimum atomic E-state index is -0.290. The maximum absolute atomic E-state index is 11.3. The van der Waals surface area contributed by atoms with Crippen LogP contribution in [0.4, 0.5) is 0 Å². The Balaban J connectivity index is 2.96. The lowest BCUT2D eigenvalue weighted by Gasteiger charge is -2.07. The highest BCUT2D eigenvalue weighted by Gasteiger charge is 2.07. The molecule has 0 aliphatic carbocycles. The van der Waals surface area contributed by atoms with Crippen molar-refractivity contribution in [2.45, 2.75) is 13.8 Å². The molecule has 0 aliphatic heterocycles. The van der Waals surface area contributed by atoms with Gasteiger partial charge in [0.2, 0.25) is 0 Å². The van der Waals surface area contributed by atoms with Crippen molar-refractivity contribution >= 4 is 29.2 Å². The highest BCUT2D eigenvalue weighted by Crippen LogP contribution is 2.28. The molecule has 0 radical (unpaired) electrons. The molecule has 0 aromatic heterocycles. The highest BCUT2D eigenvalue weighted by atomic mass is 35.5. The van der Waals surface area contributed by atoms with Crippen molar-refractivity contribution in [1.29, 1.82) is 0 Å². The van der Waals surface area contributed by atoms with Crippen molar-refractivity contribution in [2.75, 3.05) is 14.2 Å². The van der Waals surface area contributed by atoms with E-state index in [1.54, 1.807) is 32.4 Å². The molecule has 0 heterocycles. The standard InChI is InChI=1S/C18H19ClO4/c1-12(20)16(13(2)21)9-8-15(19)7-5-14-6-10-17(22-3)18(11-14)23-4/h5-11H,1-4H3/b7-5+,15-8-. The molecule has 0 spiro atoms. The fourth-order valence-corrected chi connectivity index (χ4v) is 1.96. The minimum Gasteiger partial charge on any atom is -0.493 e. The number of carbonyl (C=O) groups excluding carboxylic acids is 2. The van der Waals surface area contributed by atoms with Gasteiger partial charge in [-0.15, -0.1) is 0 Å². The van der Waals surface area contributed by atoms with Gasteiger partial charge in [0, 0.05) is 5.03 Å². The summed E-state index contributed by atoms with van der Waals surface area (Å²) in [4.78, 5) is 22.6. The first-order chi connectivity index (χ1) is 10.9. The summed E-state index contributed by atoms with van der Waals surface area (Å²) in [6, 6.07) is 5.46. The van der Waals surface area contributed by atoms with E-state index in [4.69, 9.17) is 21.1 Å². The normalized spacial score (nSPS) is 11.3. The molecular formula is C18H19ClO4. The van der Waals surface area contributed by atoms with Crippen LogP contribution in [0.25, 0.3) is 6.08 Å². The molecule has 0 N–H and O–H groups in total. The number of hydrogen-bond donors (Lipinski definition) is 0. The first-order valence-electron chi connectivity index (χ1n) is 6.88. The van der Waals surface area contributed by atoms with E-state index >= 15 is 0 Å². The van der Waals surface area contributed by atoms with Crippen LogP contribution in [0.3, 0.4) is 0 Å². The van der Waals surface area contributed by atoms with Crippen LogP contribution in [0.15, 0.2) is 47.0 Å². The molecule has 0 saturated heterocycles. The van der Waals surface area contributed by atoms with Crippen molar-refractivity contribution in [3.8, 4) is 11.5 Å². The van der Waals surface area contributed by atoms with E-state index in [9.17, 15) is 9.59 Å². The van der Waals surface area contributed by atoms with Crippen LogP contribution in [-0.2, 0) is 9.59 Å². The Bertz CT molecular complexity index is 668. The van der Waals surface area contributed by atoms with Gasteiger partial charge in [-0.3, -0.25) is 9.59 Å². The van der Waals surface area contributed by atoms with Crippen molar-refractivity contribution < 1.29 is 19.1 Å². The zero-order valence-corrected chi connectivity index (χ0v) is 14.3. The number of methoxy groups -OCH3 is 2. The summed E-state index contributed by atoms with van der Waals surface area (Å²) in [5.74, 6) is 0.677. The van der Waals surface area contributed by atoms with Crippen LogP contribution in [0.5, 0.6) is 11.5 Å². The molecule has 0 unspecified atom stereocenters. The molecule has 122 valence electrons. The van der Waals surface area contributed by atoms with Gasteiger partial charge in [0.1, 0.15) is 0 Å². The molecule has 1 aromatic carbocycles. The Labute approximate surface area is 141 Å². The van der Waals surface area contributed by atoms with Gasteiger partial charge < -0.3 is 9.47 Å². The Morgan fingerprint density at radius 1 is 1.00 bits per heavy atom. The fraction of sp³-hybridized carbons (Fsp3) is 0.222. The lowest BCUT2D eigenvalue weighted by Crippen LogP contribution is -2.05. The molecule has 4 nitrogen and oxygen atoms in total. The third kappa shape index (κ3) is 5.75. The van der Waals surface area contributed by atoms with E-state index in [-0.39, 0.29) is 17.1 Å². The summed E-state index contributed by atoms with van der Waals surface area (Å²) in [5, 5.41) is 0.389. The monoisotopic (exact) mass is 334 g/mol. The number of ether oxygens (including phenoxy) is 2. The number of carbonyl (C=O) groups is 2. The molecule has 0 saturated carbocycles. The van der Waals surface area contributed by atoms with Gasteiger partial charge in [-0.05, 0) is 49.8 Å². The van der Waals surface area contributed by atoms with E-state index < -0.39 is 0 Å². The first kappa shape index (κ1) is 18.7. The SMILES string of the molecule is COc1ccc(/C=C/C(Cl)=C/C=C(C(C)=O)C(C)=O)cc1OC. The smallest absolute Gasteiger partial charge is 0.163 e. The summed E-state index contributed by atoms with van der Waals surface area (Å²) in [5.41, 5.74) is 0.985. The molecule has 1 aromatic rings. The quantitative estimate of drug-likeness (QED) is 0.328. The van der Waals surface area contributed by atoms with E-state index in [0.29, 0.717) is 16.5 Å². The summed E-state index contributed by atoms with van der Waals surface area (Å²) >= 11 is 6.07. The van der Waals surface area contributed by atoms with Gasteiger partial charge in [-0.1, -0.05) is 23.7 Å². The van der Waals surface area contributed by atoms with Crippen LogP contribution in [0.1, 0.15) is 19.4 Å². The topological polar surface area (TPSA) is 52.6 Å². The number of rotatable bonds is 7. The summed E-state index contributed by atoms with van der Waals surface area (Å²) < 4.78 is 10.4.